The van der Waals surface area contributed by atoms with Crippen molar-refractivity contribution in [2.24, 2.45) is 7.05 Å². The Balaban J connectivity index is 1.91. The third kappa shape index (κ3) is 2.78. The number of nitrogen functional groups attached to an aromatic ring is 1. The number of nitrogens with two attached hydrogens (primary N) is 1. The Kier molecular flexibility index (Phi) is 3.38. The molecule has 0 spiro atoms. The first-order valence-electron chi connectivity index (χ1n) is 7.46. The monoisotopic (exact) mass is 334 g/mol. The predicted molar refractivity (Wildman–Crippen MR) is 94.3 cm³/mol. The predicted octanol–water partition coefficient (Wildman–Crippen LogP) is 1.44. The summed E-state index contributed by atoms with van der Waals surface area (Å²) in [5, 5.41) is 8.47. The van der Waals surface area contributed by atoms with Gasteiger partial charge in [0.05, 0.1) is 23.0 Å². The lowest BCUT2D eigenvalue weighted by Crippen LogP contribution is -2.09. The Morgan fingerprint density at radius 2 is 2.04 bits per heavy atom. The van der Waals surface area contributed by atoms with E-state index in [4.69, 9.17) is 5.73 Å². The van der Waals surface area contributed by atoms with Gasteiger partial charge in [-0.1, -0.05) is 0 Å². The lowest BCUT2D eigenvalue weighted by molar-refractivity contribution is 0.768. The van der Waals surface area contributed by atoms with Crippen molar-refractivity contribution in [3.63, 3.8) is 0 Å². The number of hydrogen-bond donors (Lipinski definition) is 3. The van der Waals surface area contributed by atoms with E-state index in [9.17, 15) is 4.79 Å². The molecule has 25 heavy (non-hydrogen) atoms. The van der Waals surface area contributed by atoms with Crippen LogP contribution in [0.1, 0.15) is 0 Å². The molecule has 0 atom stereocenters. The van der Waals surface area contributed by atoms with Crippen molar-refractivity contribution in [2.45, 2.75) is 0 Å². The van der Waals surface area contributed by atoms with Gasteiger partial charge >= 0.3 is 0 Å². The van der Waals surface area contributed by atoms with E-state index < -0.39 is 0 Å². The van der Waals surface area contributed by atoms with Crippen LogP contribution in [0.15, 0.2) is 47.9 Å². The van der Waals surface area contributed by atoms with Crippen molar-refractivity contribution in [1.29, 1.82) is 0 Å². The summed E-state index contributed by atoms with van der Waals surface area (Å²) < 4.78 is 1.66. The topological polar surface area (TPSA) is 127 Å². The average Bonchev–Trinajstić information content (AvgIpc) is 3.00. The number of nitrogens with zero attached hydrogens (tertiary/aromatic N) is 5. The molecule has 0 aromatic carbocycles. The normalized spacial score (nSPS) is 10.9. The number of aromatic amines is 1. The second-order valence-electron chi connectivity index (χ2n) is 5.48. The van der Waals surface area contributed by atoms with E-state index >= 15 is 0 Å². The molecule has 0 fully saturated rings. The van der Waals surface area contributed by atoms with E-state index in [1.165, 1.54) is 0 Å². The summed E-state index contributed by atoms with van der Waals surface area (Å²) in [6, 6.07) is 3.63. The number of aryl methyl sites for hydroxylation is 1. The number of fused-ring (bicyclic) bond motifs is 1. The summed E-state index contributed by atoms with van der Waals surface area (Å²) in [6.45, 7) is 0. The van der Waals surface area contributed by atoms with Crippen LogP contribution in [0.25, 0.3) is 22.0 Å². The lowest BCUT2D eigenvalue weighted by atomic mass is 10.1. The largest absolute Gasteiger partial charge is 0.368 e. The molecule has 9 heteroatoms. The summed E-state index contributed by atoms with van der Waals surface area (Å²) >= 11 is 0. The molecular formula is C16H14N8O. The Bertz CT molecular complexity index is 1110. The number of H-pyrrole nitrogens is 1. The maximum atomic E-state index is 12.3. The first kappa shape index (κ1) is 14.8. The number of rotatable bonds is 3. The van der Waals surface area contributed by atoms with E-state index in [2.05, 4.69) is 30.4 Å². The van der Waals surface area contributed by atoms with Gasteiger partial charge in [0.2, 0.25) is 5.95 Å². The molecular weight excluding hydrogens is 320 g/mol. The molecule has 4 N–H and O–H groups in total. The molecule has 0 bridgehead atoms. The molecule has 0 aliphatic rings. The molecule has 0 radical (unpaired) electrons. The Morgan fingerprint density at radius 1 is 1.24 bits per heavy atom. The molecule has 4 rings (SSSR count). The minimum atomic E-state index is -0.225. The van der Waals surface area contributed by atoms with E-state index in [1.54, 1.807) is 35.7 Å². The van der Waals surface area contributed by atoms with Gasteiger partial charge in [-0.05, 0) is 17.5 Å². The summed E-state index contributed by atoms with van der Waals surface area (Å²) in [5.41, 5.74) is 7.37. The van der Waals surface area contributed by atoms with Gasteiger partial charge in [0.1, 0.15) is 5.82 Å². The van der Waals surface area contributed by atoms with Gasteiger partial charge in [-0.3, -0.25) is 9.48 Å². The van der Waals surface area contributed by atoms with Crippen molar-refractivity contribution in [1.82, 2.24) is 29.7 Å². The van der Waals surface area contributed by atoms with Crippen LogP contribution < -0.4 is 16.6 Å². The van der Waals surface area contributed by atoms with Gasteiger partial charge in [-0.25, -0.2) is 15.0 Å². The van der Waals surface area contributed by atoms with Gasteiger partial charge in [-0.15, -0.1) is 0 Å². The van der Waals surface area contributed by atoms with E-state index in [1.807, 2.05) is 19.2 Å². The molecule has 124 valence electrons. The van der Waals surface area contributed by atoms with Crippen LogP contribution in [0, 0.1) is 0 Å². The van der Waals surface area contributed by atoms with Gasteiger partial charge < -0.3 is 16.0 Å². The van der Waals surface area contributed by atoms with Crippen LogP contribution in [0.5, 0.6) is 0 Å². The third-order valence-electron chi connectivity index (χ3n) is 3.69. The lowest BCUT2D eigenvalue weighted by Gasteiger charge is -2.09. The Hall–Kier alpha value is -3.75. The van der Waals surface area contributed by atoms with Crippen LogP contribution in [-0.4, -0.2) is 29.7 Å². The third-order valence-corrected chi connectivity index (χ3v) is 3.69. The molecule has 9 nitrogen and oxygen atoms in total. The highest BCUT2D eigenvalue weighted by atomic mass is 16.1. The molecule has 0 saturated heterocycles. The van der Waals surface area contributed by atoms with Crippen LogP contribution in [-0.2, 0) is 7.05 Å². The zero-order valence-electron chi connectivity index (χ0n) is 13.3. The first-order chi connectivity index (χ1) is 12.1. The molecule has 4 aromatic rings. The Morgan fingerprint density at radius 3 is 2.76 bits per heavy atom. The fourth-order valence-electron chi connectivity index (χ4n) is 2.55. The molecule has 0 aliphatic carbocycles. The van der Waals surface area contributed by atoms with Gasteiger partial charge in [0.15, 0.2) is 0 Å². The minimum absolute atomic E-state index is 0.190. The van der Waals surface area contributed by atoms with Gasteiger partial charge in [0, 0.05) is 37.4 Å². The summed E-state index contributed by atoms with van der Waals surface area (Å²) in [7, 11) is 1.81. The van der Waals surface area contributed by atoms with Crippen LogP contribution in [0.4, 0.5) is 17.5 Å². The second-order valence-corrected chi connectivity index (χ2v) is 5.48. The number of anilines is 3. The maximum Gasteiger partial charge on any atom is 0.259 e. The van der Waals surface area contributed by atoms with Crippen molar-refractivity contribution < 1.29 is 0 Å². The molecule has 0 saturated carbocycles. The summed E-state index contributed by atoms with van der Waals surface area (Å²) in [6.07, 6.45) is 8.24. The van der Waals surface area contributed by atoms with Gasteiger partial charge in [0.25, 0.3) is 5.56 Å². The van der Waals surface area contributed by atoms with Crippen molar-refractivity contribution in [3.05, 3.63) is 53.5 Å². The fraction of sp³-hybridized carbons (Fsp3) is 0.0625. The van der Waals surface area contributed by atoms with Gasteiger partial charge in [-0.2, -0.15) is 5.10 Å². The smallest absolute Gasteiger partial charge is 0.259 e. The van der Waals surface area contributed by atoms with E-state index in [0.29, 0.717) is 22.5 Å². The molecule has 0 amide bonds. The standard InChI is InChI=1S/C16H14N8O/c1-24-8-11(7-21-24)22-14-13-9(2-3-18-15(13)25)4-12(23-14)10-5-19-16(17)20-6-10/h2-8H,1H3,(H,18,25)(H,22,23)(H2,17,19,20). The number of hydrogen-bond acceptors (Lipinski definition) is 7. The molecule has 0 aliphatic heterocycles. The van der Waals surface area contributed by atoms with Crippen LogP contribution in [0.3, 0.4) is 0 Å². The van der Waals surface area contributed by atoms with Crippen LogP contribution in [0.2, 0.25) is 0 Å². The van der Waals surface area contributed by atoms with E-state index in [0.717, 1.165) is 11.1 Å². The quantitative estimate of drug-likeness (QED) is 0.517. The number of pyridine rings is 2. The number of aromatic nitrogens is 6. The van der Waals surface area contributed by atoms with Crippen molar-refractivity contribution >= 4 is 28.2 Å². The van der Waals surface area contributed by atoms with Crippen molar-refractivity contribution in [3.8, 4) is 11.3 Å². The minimum Gasteiger partial charge on any atom is -0.368 e. The molecule has 4 aromatic heterocycles. The van der Waals surface area contributed by atoms with E-state index in [-0.39, 0.29) is 11.5 Å². The highest BCUT2D eigenvalue weighted by molar-refractivity contribution is 5.95. The Labute approximate surface area is 141 Å². The average molecular weight is 334 g/mol. The highest BCUT2D eigenvalue weighted by Crippen LogP contribution is 2.27. The summed E-state index contributed by atoms with van der Waals surface area (Å²) in [5.74, 6) is 0.619. The first-order valence-corrected chi connectivity index (χ1v) is 7.46. The highest BCUT2D eigenvalue weighted by Gasteiger charge is 2.12. The van der Waals surface area contributed by atoms with Crippen molar-refractivity contribution in [2.75, 3.05) is 11.1 Å². The zero-order valence-corrected chi connectivity index (χ0v) is 13.3. The maximum absolute atomic E-state index is 12.3. The number of nitrogens with one attached hydrogen (secondary N) is 2. The summed E-state index contributed by atoms with van der Waals surface area (Å²) in [4.78, 5) is 27.5. The van der Waals surface area contributed by atoms with Crippen LogP contribution >= 0.6 is 0 Å². The zero-order chi connectivity index (χ0) is 17.4. The second kappa shape index (κ2) is 5.71. The SMILES string of the molecule is Cn1cc(Nc2nc(-c3cnc(N)nc3)cc3cc[nH]c(=O)c23)cn1. The fourth-order valence-corrected chi connectivity index (χ4v) is 2.55. The molecule has 0 unspecified atom stereocenters. The molecule has 4 heterocycles.